The maximum atomic E-state index is 5.50. The van der Waals surface area contributed by atoms with E-state index in [1.54, 1.807) is 35.5 Å². The predicted molar refractivity (Wildman–Crippen MR) is 79.0 cm³/mol. The van der Waals surface area contributed by atoms with E-state index in [1.165, 1.54) is 0 Å². The zero-order chi connectivity index (χ0) is 13.1. The van der Waals surface area contributed by atoms with Crippen LogP contribution in [-0.4, -0.2) is 15.0 Å². The Balaban J connectivity index is 1.85. The Bertz CT molecular complexity index is 683. The number of nitrogen functional groups attached to an aromatic ring is 1. The Hall–Kier alpha value is -1.70. The van der Waals surface area contributed by atoms with Crippen molar-refractivity contribution >= 4 is 39.1 Å². The molecule has 0 bridgehead atoms. The highest BCUT2D eigenvalue weighted by Crippen LogP contribution is 2.27. The molecule has 0 saturated carbocycles. The molecule has 0 aliphatic heterocycles. The van der Waals surface area contributed by atoms with Gasteiger partial charge in [-0.15, -0.1) is 23.1 Å². The monoisotopic (exact) mass is 289 g/mol. The van der Waals surface area contributed by atoms with Crippen molar-refractivity contribution < 1.29 is 0 Å². The molecule has 0 aliphatic rings. The molecule has 0 spiro atoms. The summed E-state index contributed by atoms with van der Waals surface area (Å²) in [5, 5.41) is 2.95. The van der Waals surface area contributed by atoms with Crippen LogP contribution in [0.1, 0.15) is 5.82 Å². The number of nitrogens with zero attached hydrogens (tertiary/aromatic N) is 3. The van der Waals surface area contributed by atoms with Crippen LogP contribution in [0, 0.1) is 0 Å². The van der Waals surface area contributed by atoms with Crippen LogP contribution in [0.2, 0.25) is 0 Å². The minimum absolute atomic E-state index is 0.677. The molecule has 3 rings (SSSR count). The minimum atomic E-state index is 0.677. The van der Waals surface area contributed by atoms with Gasteiger partial charge in [-0.1, -0.05) is 0 Å². The lowest BCUT2D eigenvalue weighted by atomic mass is 10.4. The Morgan fingerprint density at radius 3 is 2.84 bits per heavy atom. The molecule has 0 radical (unpaired) electrons. The van der Waals surface area contributed by atoms with Gasteiger partial charge in [0.2, 0.25) is 0 Å². The molecule has 5 nitrogen and oxygen atoms in total. The molecule has 0 aromatic carbocycles. The standard InChI is InChI=1S/C12H11N5S2/c13-17-11-9-3-6-18-12(9)16-10(15-11)7-19-8-1-4-14-5-2-8/h1-6H,7,13H2,(H,15,16,17). The zero-order valence-corrected chi connectivity index (χ0v) is 11.5. The van der Waals surface area contributed by atoms with Crippen molar-refractivity contribution in [2.45, 2.75) is 10.6 Å². The van der Waals surface area contributed by atoms with Gasteiger partial charge in [0.15, 0.2) is 5.82 Å². The summed E-state index contributed by atoms with van der Waals surface area (Å²) in [7, 11) is 0. The largest absolute Gasteiger partial charge is 0.308 e. The van der Waals surface area contributed by atoms with Gasteiger partial charge in [0.25, 0.3) is 0 Å². The number of aromatic nitrogens is 3. The van der Waals surface area contributed by atoms with Crippen LogP contribution in [0.5, 0.6) is 0 Å². The molecule has 3 aromatic rings. The zero-order valence-electron chi connectivity index (χ0n) is 9.91. The van der Waals surface area contributed by atoms with Gasteiger partial charge in [0.1, 0.15) is 10.7 Å². The molecule has 0 aliphatic carbocycles. The molecule has 0 unspecified atom stereocenters. The van der Waals surface area contributed by atoms with Crippen LogP contribution in [0.25, 0.3) is 10.2 Å². The number of fused-ring (bicyclic) bond motifs is 1. The third-order valence-electron chi connectivity index (χ3n) is 2.53. The summed E-state index contributed by atoms with van der Waals surface area (Å²) < 4.78 is 0. The van der Waals surface area contributed by atoms with Crippen LogP contribution >= 0.6 is 23.1 Å². The van der Waals surface area contributed by atoms with Crippen LogP contribution in [-0.2, 0) is 5.75 Å². The molecule has 3 aromatic heterocycles. The van der Waals surface area contributed by atoms with Gasteiger partial charge < -0.3 is 5.43 Å². The van der Waals surface area contributed by atoms with Crippen molar-refractivity contribution in [3.8, 4) is 0 Å². The average molecular weight is 289 g/mol. The first-order chi connectivity index (χ1) is 9.36. The minimum Gasteiger partial charge on any atom is -0.308 e. The van der Waals surface area contributed by atoms with E-state index in [2.05, 4.69) is 20.4 Å². The lowest BCUT2D eigenvalue weighted by Gasteiger charge is -2.05. The third-order valence-corrected chi connectivity index (χ3v) is 4.34. The number of anilines is 1. The van der Waals surface area contributed by atoms with E-state index in [9.17, 15) is 0 Å². The summed E-state index contributed by atoms with van der Waals surface area (Å²) in [6.45, 7) is 0. The second kappa shape index (κ2) is 5.52. The highest BCUT2D eigenvalue weighted by Gasteiger charge is 2.08. The van der Waals surface area contributed by atoms with E-state index in [1.807, 2.05) is 23.6 Å². The maximum absolute atomic E-state index is 5.50. The number of thioether (sulfide) groups is 1. The number of nitrogens with one attached hydrogen (secondary N) is 1. The topological polar surface area (TPSA) is 76.7 Å². The second-order valence-electron chi connectivity index (χ2n) is 3.74. The first kappa shape index (κ1) is 12.3. The number of thiophene rings is 1. The van der Waals surface area contributed by atoms with E-state index < -0.39 is 0 Å². The molecule has 3 heterocycles. The first-order valence-electron chi connectivity index (χ1n) is 5.60. The van der Waals surface area contributed by atoms with Crippen LogP contribution in [0.3, 0.4) is 0 Å². The van der Waals surface area contributed by atoms with Crippen molar-refractivity contribution in [1.82, 2.24) is 15.0 Å². The first-order valence-corrected chi connectivity index (χ1v) is 7.47. The molecule has 0 saturated heterocycles. The molecule has 96 valence electrons. The van der Waals surface area contributed by atoms with E-state index in [-0.39, 0.29) is 0 Å². The number of hydrogen-bond donors (Lipinski definition) is 2. The Morgan fingerprint density at radius 2 is 2.05 bits per heavy atom. The van der Waals surface area contributed by atoms with Crippen LogP contribution < -0.4 is 11.3 Å². The normalized spacial score (nSPS) is 10.8. The molecular formula is C12H11N5S2. The summed E-state index contributed by atoms with van der Waals surface area (Å²) in [5.74, 6) is 7.65. The van der Waals surface area contributed by atoms with Gasteiger partial charge >= 0.3 is 0 Å². The highest BCUT2D eigenvalue weighted by molar-refractivity contribution is 7.98. The van der Waals surface area contributed by atoms with Crippen molar-refractivity contribution in [3.05, 3.63) is 41.8 Å². The average Bonchev–Trinajstić information content (AvgIpc) is 2.93. The van der Waals surface area contributed by atoms with Crippen molar-refractivity contribution in [1.29, 1.82) is 0 Å². The van der Waals surface area contributed by atoms with Crippen LogP contribution in [0.15, 0.2) is 40.9 Å². The van der Waals surface area contributed by atoms with Gasteiger partial charge in [0, 0.05) is 17.3 Å². The Labute approximate surface area is 118 Å². The summed E-state index contributed by atoms with van der Waals surface area (Å²) in [6, 6.07) is 5.90. The Kier molecular flexibility index (Phi) is 3.58. The SMILES string of the molecule is NNc1nc(CSc2ccncc2)nc2sccc12. The molecule has 7 heteroatoms. The lowest BCUT2D eigenvalue weighted by molar-refractivity contribution is 1.06. The molecule has 3 N–H and O–H groups in total. The number of pyridine rings is 1. The molecule has 19 heavy (non-hydrogen) atoms. The quantitative estimate of drug-likeness (QED) is 0.437. The highest BCUT2D eigenvalue weighted by atomic mass is 32.2. The van der Waals surface area contributed by atoms with Gasteiger partial charge in [0.05, 0.1) is 11.1 Å². The molecule has 0 fully saturated rings. The molecular weight excluding hydrogens is 278 g/mol. The summed E-state index contributed by atoms with van der Waals surface area (Å²) in [6.07, 6.45) is 3.55. The predicted octanol–water partition coefficient (Wildman–Crippen LogP) is 2.66. The lowest BCUT2D eigenvalue weighted by Crippen LogP contribution is -2.10. The van der Waals surface area contributed by atoms with Gasteiger partial charge in [-0.2, -0.15) is 0 Å². The fraction of sp³-hybridized carbons (Fsp3) is 0.0833. The van der Waals surface area contributed by atoms with Gasteiger partial charge in [-0.05, 0) is 23.6 Å². The number of nitrogens with two attached hydrogens (primary N) is 1. The van der Waals surface area contributed by atoms with Crippen molar-refractivity contribution in [2.75, 3.05) is 5.43 Å². The van der Waals surface area contributed by atoms with E-state index >= 15 is 0 Å². The van der Waals surface area contributed by atoms with E-state index in [4.69, 9.17) is 5.84 Å². The molecule has 0 amide bonds. The third kappa shape index (κ3) is 2.67. The summed E-state index contributed by atoms with van der Waals surface area (Å²) in [4.78, 5) is 15.1. The van der Waals surface area contributed by atoms with Crippen molar-refractivity contribution in [2.24, 2.45) is 5.84 Å². The van der Waals surface area contributed by atoms with Crippen LogP contribution in [0.4, 0.5) is 5.82 Å². The fourth-order valence-electron chi connectivity index (χ4n) is 1.66. The maximum Gasteiger partial charge on any atom is 0.152 e. The number of hydrogen-bond acceptors (Lipinski definition) is 7. The van der Waals surface area contributed by atoms with E-state index in [0.29, 0.717) is 11.6 Å². The Morgan fingerprint density at radius 1 is 1.21 bits per heavy atom. The van der Waals surface area contributed by atoms with Gasteiger partial charge in [-0.25, -0.2) is 15.8 Å². The van der Waals surface area contributed by atoms with E-state index in [0.717, 1.165) is 20.9 Å². The summed E-state index contributed by atoms with van der Waals surface area (Å²) >= 11 is 3.26. The van der Waals surface area contributed by atoms with Crippen molar-refractivity contribution in [3.63, 3.8) is 0 Å². The number of rotatable bonds is 4. The van der Waals surface area contributed by atoms with Gasteiger partial charge in [-0.3, -0.25) is 4.98 Å². The summed E-state index contributed by atoms with van der Waals surface area (Å²) in [5.41, 5.74) is 2.63. The second-order valence-corrected chi connectivity index (χ2v) is 5.69. The fourth-order valence-corrected chi connectivity index (χ4v) is 3.18. The number of hydrazine groups is 1. The smallest absolute Gasteiger partial charge is 0.152 e. The molecule has 0 atom stereocenters.